The molecule has 9 aromatic carbocycles. The van der Waals surface area contributed by atoms with Crippen LogP contribution < -0.4 is 0 Å². The van der Waals surface area contributed by atoms with Crippen LogP contribution in [0.3, 0.4) is 0 Å². The number of para-hydroxylation sites is 2. The average molecular weight is 662 g/mol. The Morgan fingerprint density at radius 3 is 1.56 bits per heavy atom. The number of aromatic nitrogens is 1. The van der Waals surface area contributed by atoms with E-state index in [9.17, 15) is 0 Å². The van der Waals surface area contributed by atoms with Gasteiger partial charge in [0.15, 0.2) is 0 Å². The fourth-order valence-corrected chi connectivity index (χ4v) is 9.47. The van der Waals surface area contributed by atoms with E-state index in [1.807, 2.05) is 0 Å². The third kappa shape index (κ3) is 3.94. The smallest absolute Gasteiger partial charge is 0.0541 e. The van der Waals surface area contributed by atoms with Crippen LogP contribution in [0.25, 0.3) is 93.2 Å². The van der Waals surface area contributed by atoms with Crippen molar-refractivity contribution >= 4 is 54.1 Å². The molecule has 0 amide bonds. The first kappa shape index (κ1) is 29.3. The summed E-state index contributed by atoms with van der Waals surface area (Å²) in [5, 5.41) is 10.2. The van der Waals surface area contributed by atoms with Crippen molar-refractivity contribution in [1.82, 2.24) is 4.57 Å². The molecule has 244 valence electrons. The molecule has 1 heterocycles. The molecule has 52 heavy (non-hydrogen) atoms. The van der Waals surface area contributed by atoms with Crippen molar-refractivity contribution in [2.24, 2.45) is 0 Å². The van der Waals surface area contributed by atoms with E-state index in [0.29, 0.717) is 0 Å². The van der Waals surface area contributed by atoms with Crippen LogP contribution in [0.1, 0.15) is 25.0 Å². The van der Waals surface area contributed by atoms with Gasteiger partial charge in [0.1, 0.15) is 0 Å². The molecule has 0 saturated carbocycles. The first-order chi connectivity index (χ1) is 25.6. The molecule has 0 N–H and O–H groups in total. The third-order valence-electron chi connectivity index (χ3n) is 11.8. The lowest BCUT2D eigenvalue weighted by molar-refractivity contribution is 0.661. The Morgan fingerprint density at radius 1 is 0.346 bits per heavy atom. The molecule has 0 atom stereocenters. The Labute approximate surface area is 303 Å². The zero-order valence-electron chi connectivity index (χ0n) is 29.2. The summed E-state index contributed by atoms with van der Waals surface area (Å²) in [5.41, 5.74) is 14.1. The van der Waals surface area contributed by atoms with Crippen molar-refractivity contribution in [2.75, 3.05) is 0 Å². The summed E-state index contributed by atoms with van der Waals surface area (Å²) in [6.45, 7) is 4.79. The average Bonchev–Trinajstić information content (AvgIpc) is 3.65. The standard InChI is InChI=1S/C51H35N/c1-51(2)44-25-13-10-24-41(44)50-37-21-7-6-18-34(37)43(31-45(50)51)49-39-23-9-8-22-38(39)48(32-16-4-3-5-17-32)40-29-28-33(30-42(40)49)52-46-26-14-11-19-35(46)36-20-12-15-27-47(36)52/h3-31H,1-2H3. The van der Waals surface area contributed by atoms with Crippen molar-refractivity contribution < 1.29 is 0 Å². The second-order valence-corrected chi connectivity index (χ2v) is 14.8. The summed E-state index contributed by atoms with van der Waals surface area (Å²) in [7, 11) is 0. The van der Waals surface area contributed by atoms with E-state index in [1.165, 1.54) is 104 Å². The highest BCUT2D eigenvalue weighted by Crippen LogP contribution is 2.55. The van der Waals surface area contributed by atoms with E-state index in [2.05, 4.69) is 194 Å². The lowest BCUT2D eigenvalue weighted by Crippen LogP contribution is -2.15. The fraction of sp³-hybridized carbons (Fsp3) is 0.0588. The van der Waals surface area contributed by atoms with Gasteiger partial charge < -0.3 is 4.57 Å². The van der Waals surface area contributed by atoms with Crippen LogP contribution in [-0.2, 0) is 5.41 Å². The Hall–Kier alpha value is -6.44. The fourth-order valence-electron chi connectivity index (χ4n) is 9.47. The third-order valence-corrected chi connectivity index (χ3v) is 11.8. The molecule has 0 unspecified atom stereocenters. The van der Waals surface area contributed by atoms with Gasteiger partial charge in [-0.3, -0.25) is 0 Å². The van der Waals surface area contributed by atoms with Crippen LogP contribution in [0.4, 0.5) is 0 Å². The van der Waals surface area contributed by atoms with Gasteiger partial charge in [-0.25, -0.2) is 0 Å². The normalized spacial score (nSPS) is 13.3. The monoisotopic (exact) mass is 661 g/mol. The second kappa shape index (κ2) is 10.8. The van der Waals surface area contributed by atoms with Gasteiger partial charge in [-0.15, -0.1) is 0 Å². The van der Waals surface area contributed by atoms with Gasteiger partial charge in [-0.1, -0.05) is 159 Å². The van der Waals surface area contributed by atoms with Gasteiger partial charge in [-0.2, -0.15) is 0 Å². The van der Waals surface area contributed by atoms with Crippen LogP contribution in [-0.4, -0.2) is 4.57 Å². The molecule has 0 spiro atoms. The van der Waals surface area contributed by atoms with Crippen molar-refractivity contribution in [3.8, 4) is 39.1 Å². The van der Waals surface area contributed by atoms with E-state index in [1.54, 1.807) is 0 Å². The number of rotatable bonds is 3. The van der Waals surface area contributed by atoms with Crippen LogP contribution in [0.15, 0.2) is 176 Å². The van der Waals surface area contributed by atoms with Gasteiger partial charge in [0.05, 0.1) is 11.0 Å². The largest absolute Gasteiger partial charge is 0.309 e. The highest BCUT2D eigenvalue weighted by Gasteiger charge is 2.37. The highest BCUT2D eigenvalue weighted by molar-refractivity contribution is 6.25. The predicted molar refractivity (Wildman–Crippen MR) is 222 cm³/mol. The number of fused-ring (bicyclic) bond motifs is 10. The minimum Gasteiger partial charge on any atom is -0.309 e. The SMILES string of the molecule is CC1(C)c2ccccc2-c2c1cc(-c1c3ccccc3c(-c3ccccc3)c3ccc(-n4c5ccccc5c5ccccc54)cc13)c1ccccc21. The minimum absolute atomic E-state index is 0.131. The topological polar surface area (TPSA) is 4.93 Å². The number of nitrogens with zero attached hydrogens (tertiary/aromatic N) is 1. The lowest BCUT2D eigenvalue weighted by atomic mass is 9.79. The molecule has 1 nitrogen and oxygen atoms in total. The van der Waals surface area contributed by atoms with Crippen molar-refractivity contribution in [3.63, 3.8) is 0 Å². The molecule has 10 aromatic rings. The molecule has 0 radical (unpaired) electrons. The zero-order chi connectivity index (χ0) is 34.6. The Kier molecular flexibility index (Phi) is 6.08. The molecule has 0 aliphatic heterocycles. The predicted octanol–water partition coefficient (Wildman–Crippen LogP) is 13.9. The van der Waals surface area contributed by atoms with E-state index in [-0.39, 0.29) is 5.41 Å². The molecular weight excluding hydrogens is 627 g/mol. The van der Waals surface area contributed by atoms with Crippen molar-refractivity contribution in [1.29, 1.82) is 0 Å². The van der Waals surface area contributed by atoms with Gasteiger partial charge in [-0.05, 0) is 107 Å². The van der Waals surface area contributed by atoms with E-state index in [0.717, 1.165) is 0 Å². The lowest BCUT2D eigenvalue weighted by Gasteiger charge is -2.24. The maximum Gasteiger partial charge on any atom is 0.0541 e. The van der Waals surface area contributed by atoms with Gasteiger partial charge >= 0.3 is 0 Å². The summed E-state index contributed by atoms with van der Waals surface area (Å²) in [4.78, 5) is 0. The maximum atomic E-state index is 2.54. The molecule has 1 aliphatic carbocycles. The van der Waals surface area contributed by atoms with E-state index >= 15 is 0 Å². The first-order valence-corrected chi connectivity index (χ1v) is 18.3. The zero-order valence-corrected chi connectivity index (χ0v) is 29.2. The van der Waals surface area contributed by atoms with E-state index in [4.69, 9.17) is 0 Å². The minimum atomic E-state index is -0.131. The number of hydrogen-bond acceptors (Lipinski definition) is 0. The van der Waals surface area contributed by atoms with Gasteiger partial charge in [0, 0.05) is 21.9 Å². The number of hydrogen-bond donors (Lipinski definition) is 0. The molecule has 1 aromatic heterocycles. The second-order valence-electron chi connectivity index (χ2n) is 14.8. The molecule has 11 rings (SSSR count). The Balaban J connectivity index is 1.33. The number of benzene rings is 9. The summed E-state index contributed by atoms with van der Waals surface area (Å²) in [6.07, 6.45) is 0. The quantitative estimate of drug-likeness (QED) is 0.166. The van der Waals surface area contributed by atoms with Crippen molar-refractivity contribution in [2.45, 2.75) is 19.3 Å². The van der Waals surface area contributed by atoms with Crippen LogP contribution in [0.5, 0.6) is 0 Å². The molecule has 1 aliphatic rings. The van der Waals surface area contributed by atoms with Gasteiger partial charge in [0.25, 0.3) is 0 Å². The summed E-state index contributed by atoms with van der Waals surface area (Å²) < 4.78 is 2.45. The molecule has 0 saturated heterocycles. The van der Waals surface area contributed by atoms with Crippen LogP contribution >= 0.6 is 0 Å². The molecule has 1 heteroatoms. The molecular formula is C51H35N. The highest BCUT2D eigenvalue weighted by atomic mass is 15.0. The van der Waals surface area contributed by atoms with Crippen LogP contribution in [0.2, 0.25) is 0 Å². The Bertz CT molecular complexity index is 3030. The summed E-state index contributed by atoms with van der Waals surface area (Å²) in [5.74, 6) is 0. The summed E-state index contributed by atoms with van der Waals surface area (Å²) in [6, 6.07) is 65.4. The van der Waals surface area contributed by atoms with Gasteiger partial charge in [0.2, 0.25) is 0 Å². The maximum absolute atomic E-state index is 2.54. The van der Waals surface area contributed by atoms with E-state index < -0.39 is 0 Å². The molecule has 0 fully saturated rings. The first-order valence-electron chi connectivity index (χ1n) is 18.3. The van der Waals surface area contributed by atoms with Crippen LogP contribution in [0, 0.1) is 0 Å². The Morgan fingerprint density at radius 2 is 0.865 bits per heavy atom. The summed E-state index contributed by atoms with van der Waals surface area (Å²) >= 11 is 0. The van der Waals surface area contributed by atoms with Crippen molar-refractivity contribution in [3.05, 3.63) is 187 Å². The molecule has 0 bridgehead atoms.